The van der Waals surface area contributed by atoms with Gasteiger partial charge < -0.3 is 25.2 Å². The molecule has 8 nitrogen and oxygen atoms in total. The van der Waals surface area contributed by atoms with E-state index in [1.54, 1.807) is 30.3 Å². The van der Waals surface area contributed by atoms with Gasteiger partial charge in [-0.2, -0.15) is 0 Å². The molecule has 156 valence electrons. The highest BCUT2D eigenvalue weighted by Crippen LogP contribution is 2.33. The van der Waals surface area contributed by atoms with Crippen molar-refractivity contribution < 1.29 is 29.0 Å². The van der Waals surface area contributed by atoms with Crippen LogP contribution in [0.4, 0.5) is 0 Å². The molecule has 1 aliphatic heterocycles. The SMILES string of the molecule is Cc1ccc(C(=O)N/C(=C/c2ccc3c(c2)OCO3)C(=O)NCCCC(=O)O)cc1. The lowest BCUT2D eigenvalue weighted by molar-refractivity contribution is -0.137. The average molecular weight is 410 g/mol. The first-order chi connectivity index (χ1) is 14.4. The maximum atomic E-state index is 12.6. The predicted octanol–water partition coefficient (Wildman–Crippen LogP) is 2.48. The predicted molar refractivity (Wildman–Crippen MR) is 109 cm³/mol. The van der Waals surface area contributed by atoms with Gasteiger partial charge in [-0.1, -0.05) is 23.8 Å². The minimum atomic E-state index is -0.937. The van der Waals surface area contributed by atoms with Crippen LogP contribution in [-0.4, -0.2) is 36.2 Å². The molecule has 0 aliphatic carbocycles. The van der Waals surface area contributed by atoms with E-state index in [2.05, 4.69) is 10.6 Å². The van der Waals surface area contributed by atoms with Gasteiger partial charge in [-0.3, -0.25) is 14.4 Å². The minimum Gasteiger partial charge on any atom is -0.481 e. The molecule has 2 aromatic carbocycles. The number of carboxylic acid groups (broad SMARTS) is 1. The van der Waals surface area contributed by atoms with Gasteiger partial charge in [0, 0.05) is 18.5 Å². The van der Waals surface area contributed by atoms with Crippen molar-refractivity contribution in [3.63, 3.8) is 0 Å². The molecular formula is C22H22N2O6. The van der Waals surface area contributed by atoms with Gasteiger partial charge in [0.15, 0.2) is 11.5 Å². The molecule has 0 unspecified atom stereocenters. The van der Waals surface area contributed by atoms with Gasteiger partial charge in [0.2, 0.25) is 6.79 Å². The van der Waals surface area contributed by atoms with E-state index in [0.29, 0.717) is 22.6 Å². The zero-order valence-electron chi connectivity index (χ0n) is 16.4. The number of benzene rings is 2. The molecule has 2 aromatic rings. The van der Waals surface area contributed by atoms with Crippen molar-refractivity contribution in [1.82, 2.24) is 10.6 Å². The van der Waals surface area contributed by atoms with Crippen molar-refractivity contribution >= 4 is 23.9 Å². The van der Waals surface area contributed by atoms with Crippen molar-refractivity contribution in [2.45, 2.75) is 19.8 Å². The summed E-state index contributed by atoms with van der Waals surface area (Å²) in [5, 5.41) is 14.0. The summed E-state index contributed by atoms with van der Waals surface area (Å²) in [4.78, 5) is 35.9. The van der Waals surface area contributed by atoms with Crippen molar-refractivity contribution in [1.29, 1.82) is 0 Å². The van der Waals surface area contributed by atoms with E-state index in [0.717, 1.165) is 5.56 Å². The summed E-state index contributed by atoms with van der Waals surface area (Å²) in [6, 6.07) is 12.1. The van der Waals surface area contributed by atoms with Gasteiger partial charge in [0.25, 0.3) is 11.8 Å². The highest BCUT2D eigenvalue weighted by Gasteiger charge is 2.17. The number of hydrogen-bond donors (Lipinski definition) is 3. The van der Waals surface area contributed by atoms with Crippen molar-refractivity contribution in [3.8, 4) is 11.5 Å². The number of nitrogens with one attached hydrogen (secondary N) is 2. The van der Waals surface area contributed by atoms with Crippen molar-refractivity contribution in [3.05, 3.63) is 64.9 Å². The number of ether oxygens (including phenoxy) is 2. The zero-order chi connectivity index (χ0) is 21.5. The molecule has 3 rings (SSSR count). The fourth-order valence-corrected chi connectivity index (χ4v) is 2.76. The third-order valence-corrected chi connectivity index (χ3v) is 4.37. The van der Waals surface area contributed by atoms with E-state index in [1.165, 1.54) is 6.08 Å². The molecular weight excluding hydrogens is 388 g/mol. The van der Waals surface area contributed by atoms with Crippen LogP contribution < -0.4 is 20.1 Å². The van der Waals surface area contributed by atoms with Crippen molar-refractivity contribution in [2.75, 3.05) is 13.3 Å². The van der Waals surface area contributed by atoms with Crippen LogP contribution in [-0.2, 0) is 9.59 Å². The number of carbonyl (C=O) groups excluding carboxylic acids is 2. The van der Waals surface area contributed by atoms with Gasteiger partial charge >= 0.3 is 5.97 Å². The monoisotopic (exact) mass is 410 g/mol. The second-order valence-electron chi connectivity index (χ2n) is 6.74. The molecule has 2 amide bonds. The lowest BCUT2D eigenvalue weighted by Crippen LogP contribution is -2.35. The Kier molecular flexibility index (Phi) is 6.69. The Bertz CT molecular complexity index is 982. The van der Waals surface area contributed by atoms with Crippen LogP contribution in [0.1, 0.15) is 34.3 Å². The van der Waals surface area contributed by atoms with Crippen molar-refractivity contribution in [2.24, 2.45) is 0 Å². The number of hydrogen-bond acceptors (Lipinski definition) is 5. The normalized spacial score (nSPS) is 12.4. The number of amides is 2. The van der Waals surface area contributed by atoms with Crippen LogP contribution in [0.3, 0.4) is 0 Å². The Morgan fingerprint density at radius 1 is 1.07 bits per heavy atom. The molecule has 0 spiro atoms. The number of carbonyl (C=O) groups is 3. The van der Waals surface area contributed by atoms with E-state index in [-0.39, 0.29) is 31.9 Å². The zero-order valence-corrected chi connectivity index (χ0v) is 16.4. The van der Waals surface area contributed by atoms with E-state index in [4.69, 9.17) is 14.6 Å². The lowest BCUT2D eigenvalue weighted by atomic mass is 10.1. The quantitative estimate of drug-likeness (QED) is 0.455. The molecule has 8 heteroatoms. The van der Waals surface area contributed by atoms with Crippen LogP contribution in [0, 0.1) is 6.92 Å². The van der Waals surface area contributed by atoms with Crippen LogP contribution in [0.5, 0.6) is 11.5 Å². The largest absolute Gasteiger partial charge is 0.481 e. The smallest absolute Gasteiger partial charge is 0.303 e. The molecule has 0 fully saturated rings. The fourth-order valence-electron chi connectivity index (χ4n) is 2.76. The Labute approximate surface area is 173 Å². The van der Waals surface area contributed by atoms with Gasteiger partial charge in [-0.25, -0.2) is 0 Å². The number of aliphatic carboxylic acids is 1. The fraction of sp³-hybridized carbons (Fsp3) is 0.227. The maximum Gasteiger partial charge on any atom is 0.303 e. The topological polar surface area (TPSA) is 114 Å². The van der Waals surface area contributed by atoms with Gasteiger partial charge in [-0.15, -0.1) is 0 Å². The first-order valence-electron chi connectivity index (χ1n) is 9.42. The molecule has 0 radical (unpaired) electrons. The second kappa shape index (κ2) is 9.60. The third-order valence-electron chi connectivity index (χ3n) is 4.37. The summed E-state index contributed by atoms with van der Waals surface area (Å²) in [6.45, 7) is 2.21. The first kappa shape index (κ1) is 20.9. The summed E-state index contributed by atoms with van der Waals surface area (Å²) in [6.07, 6.45) is 1.75. The van der Waals surface area contributed by atoms with Crippen LogP contribution in [0.25, 0.3) is 6.08 Å². The molecule has 30 heavy (non-hydrogen) atoms. The highest BCUT2D eigenvalue weighted by atomic mass is 16.7. The van der Waals surface area contributed by atoms with Gasteiger partial charge in [-0.05, 0) is 49.2 Å². The molecule has 0 aromatic heterocycles. The first-order valence-corrected chi connectivity index (χ1v) is 9.42. The molecule has 3 N–H and O–H groups in total. The summed E-state index contributed by atoms with van der Waals surface area (Å²) in [5.41, 5.74) is 2.10. The van der Waals surface area contributed by atoms with E-state index in [9.17, 15) is 14.4 Å². The highest BCUT2D eigenvalue weighted by molar-refractivity contribution is 6.05. The van der Waals surface area contributed by atoms with E-state index in [1.807, 2.05) is 19.1 Å². The van der Waals surface area contributed by atoms with E-state index < -0.39 is 17.8 Å². The molecule has 0 bridgehead atoms. The number of rotatable bonds is 8. The summed E-state index contributed by atoms with van der Waals surface area (Å²) >= 11 is 0. The van der Waals surface area contributed by atoms with Crippen LogP contribution >= 0.6 is 0 Å². The number of fused-ring (bicyclic) bond motifs is 1. The number of aryl methyl sites for hydroxylation is 1. The van der Waals surface area contributed by atoms with Crippen LogP contribution in [0.2, 0.25) is 0 Å². The summed E-state index contributed by atoms with van der Waals surface area (Å²) < 4.78 is 10.6. The minimum absolute atomic E-state index is 0.0368. The van der Waals surface area contributed by atoms with E-state index >= 15 is 0 Å². The average Bonchev–Trinajstić information content (AvgIpc) is 3.18. The molecule has 0 atom stereocenters. The Hall–Kier alpha value is -3.81. The van der Waals surface area contributed by atoms with Gasteiger partial charge in [0.05, 0.1) is 0 Å². The second-order valence-corrected chi connectivity index (χ2v) is 6.74. The lowest BCUT2D eigenvalue weighted by Gasteiger charge is -2.11. The van der Waals surface area contributed by atoms with Gasteiger partial charge in [0.1, 0.15) is 5.70 Å². The standard InChI is InChI=1S/C22H22N2O6/c1-14-4-7-16(8-5-14)21(27)24-17(22(28)23-10-2-3-20(25)26)11-15-6-9-18-19(12-15)30-13-29-18/h4-9,11-12H,2-3,10,13H2,1H3,(H,23,28)(H,24,27)(H,25,26)/b17-11+. The van der Waals surface area contributed by atoms with Crippen LogP contribution in [0.15, 0.2) is 48.2 Å². The Morgan fingerprint density at radius 2 is 1.80 bits per heavy atom. The Morgan fingerprint density at radius 3 is 2.53 bits per heavy atom. The summed E-state index contributed by atoms with van der Waals surface area (Å²) in [7, 11) is 0. The maximum absolute atomic E-state index is 12.6. The summed E-state index contributed by atoms with van der Waals surface area (Å²) in [5.74, 6) is -0.723. The molecule has 1 aliphatic rings. The Balaban J connectivity index is 1.78. The molecule has 1 heterocycles. The molecule has 0 saturated heterocycles. The third kappa shape index (κ3) is 5.60. The number of carboxylic acids is 1. The molecule has 0 saturated carbocycles.